The standard InChI is InChI=1S/C14H11Cl2NO4S/c1-20-14(19)13-9(5-6-22-13)17-11(18)7-21-10-4-2-3-8(15)12(10)16/h2-6H,7H2,1H3,(H,17,18). The minimum absolute atomic E-state index is 0.239. The molecule has 0 unspecified atom stereocenters. The van der Waals surface area contributed by atoms with Gasteiger partial charge in [-0.05, 0) is 23.6 Å². The lowest BCUT2D eigenvalue weighted by Gasteiger charge is -2.09. The number of esters is 1. The fourth-order valence-corrected chi connectivity index (χ4v) is 2.70. The smallest absolute Gasteiger partial charge is 0.350 e. The van der Waals surface area contributed by atoms with Crippen molar-refractivity contribution < 1.29 is 19.1 Å². The van der Waals surface area contributed by atoms with Crippen LogP contribution in [0.2, 0.25) is 10.0 Å². The number of anilines is 1. The van der Waals surface area contributed by atoms with Gasteiger partial charge < -0.3 is 14.8 Å². The third-order valence-electron chi connectivity index (χ3n) is 2.59. The Morgan fingerprint density at radius 3 is 2.77 bits per heavy atom. The monoisotopic (exact) mass is 359 g/mol. The van der Waals surface area contributed by atoms with Gasteiger partial charge in [0.2, 0.25) is 0 Å². The second kappa shape index (κ2) is 7.49. The molecule has 0 aliphatic carbocycles. The van der Waals surface area contributed by atoms with Crippen LogP contribution in [0.5, 0.6) is 5.75 Å². The molecule has 1 aromatic heterocycles. The van der Waals surface area contributed by atoms with E-state index in [0.717, 1.165) is 0 Å². The van der Waals surface area contributed by atoms with E-state index < -0.39 is 11.9 Å². The summed E-state index contributed by atoms with van der Waals surface area (Å²) in [5.74, 6) is -0.633. The van der Waals surface area contributed by atoms with Crippen molar-refractivity contribution in [2.45, 2.75) is 0 Å². The van der Waals surface area contributed by atoms with Crippen molar-refractivity contribution in [2.75, 3.05) is 19.0 Å². The molecule has 1 N–H and O–H groups in total. The first-order valence-electron chi connectivity index (χ1n) is 6.05. The molecule has 0 atom stereocenters. The van der Waals surface area contributed by atoms with E-state index in [2.05, 4.69) is 10.1 Å². The van der Waals surface area contributed by atoms with Crippen molar-refractivity contribution in [3.05, 3.63) is 44.6 Å². The van der Waals surface area contributed by atoms with E-state index >= 15 is 0 Å². The number of hydrogen-bond acceptors (Lipinski definition) is 5. The fourth-order valence-electron chi connectivity index (χ4n) is 1.58. The first-order valence-corrected chi connectivity index (χ1v) is 7.69. The van der Waals surface area contributed by atoms with Crippen LogP contribution in [0.4, 0.5) is 5.69 Å². The number of carbonyl (C=O) groups excluding carboxylic acids is 2. The summed E-state index contributed by atoms with van der Waals surface area (Å²) in [6, 6.07) is 6.49. The molecule has 0 bridgehead atoms. The highest BCUT2D eigenvalue weighted by molar-refractivity contribution is 7.12. The normalized spacial score (nSPS) is 10.1. The molecule has 1 heterocycles. The second-order valence-electron chi connectivity index (χ2n) is 4.04. The fraction of sp³-hybridized carbons (Fsp3) is 0.143. The third-order valence-corrected chi connectivity index (χ3v) is 4.28. The number of halogens is 2. The van der Waals surface area contributed by atoms with E-state index in [-0.39, 0.29) is 11.6 Å². The molecule has 22 heavy (non-hydrogen) atoms. The van der Waals surface area contributed by atoms with E-state index in [1.807, 2.05) is 0 Å². The highest BCUT2D eigenvalue weighted by atomic mass is 35.5. The van der Waals surface area contributed by atoms with Gasteiger partial charge in [0.05, 0.1) is 17.8 Å². The maximum atomic E-state index is 11.9. The Morgan fingerprint density at radius 2 is 2.05 bits per heavy atom. The van der Waals surface area contributed by atoms with Gasteiger partial charge in [-0.3, -0.25) is 4.79 Å². The van der Waals surface area contributed by atoms with Crippen molar-refractivity contribution >= 4 is 52.1 Å². The minimum atomic E-state index is -0.510. The van der Waals surface area contributed by atoms with E-state index in [1.165, 1.54) is 18.4 Å². The maximum absolute atomic E-state index is 11.9. The predicted molar refractivity (Wildman–Crippen MR) is 86.2 cm³/mol. The molecule has 0 saturated heterocycles. The van der Waals surface area contributed by atoms with E-state index in [0.29, 0.717) is 21.3 Å². The Balaban J connectivity index is 1.98. The quantitative estimate of drug-likeness (QED) is 0.823. The summed E-state index contributed by atoms with van der Waals surface area (Å²) in [6.07, 6.45) is 0. The Hall–Kier alpha value is -1.76. The van der Waals surface area contributed by atoms with Crippen LogP contribution in [0, 0.1) is 0 Å². The average Bonchev–Trinajstić information content (AvgIpc) is 2.96. The van der Waals surface area contributed by atoms with Crippen LogP contribution in [-0.4, -0.2) is 25.6 Å². The topological polar surface area (TPSA) is 64.6 Å². The lowest BCUT2D eigenvalue weighted by atomic mass is 10.3. The minimum Gasteiger partial charge on any atom is -0.482 e. The number of amides is 1. The van der Waals surface area contributed by atoms with Crippen LogP contribution in [0.15, 0.2) is 29.6 Å². The van der Waals surface area contributed by atoms with E-state index in [9.17, 15) is 9.59 Å². The number of rotatable bonds is 5. The molecule has 0 saturated carbocycles. The Kier molecular flexibility index (Phi) is 5.65. The summed E-state index contributed by atoms with van der Waals surface area (Å²) < 4.78 is 9.95. The van der Waals surface area contributed by atoms with Gasteiger partial charge in [-0.2, -0.15) is 0 Å². The molecule has 0 radical (unpaired) electrons. The molecular weight excluding hydrogens is 349 g/mol. The van der Waals surface area contributed by atoms with Crippen molar-refractivity contribution in [3.8, 4) is 5.75 Å². The number of nitrogens with one attached hydrogen (secondary N) is 1. The maximum Gasteiger partial charge on any atom is 0.350 e. The summed E-state index contributed by atoms with van der Waals surface area (Å²) in [5, 5.41) is 4.83. The first kappa shape index (κ1) is 16.6. The highest BCUT2D eigenvalue weighted by Crippen LogP contribution is 2.31. The number of ether oxygens (including phenoxy) is 2. The van der Waals surface area contributed by atoms with Gasteiger partial charge in [0.15, 0.2) is 6.61 Å². The van der Waals surface area contributed by atoms with Crippen LogP contribution in [0.1, 0.15) is 9.67 Å². The Labute approximate surface area is 140 Å². The highest BCUT2D eigenvalue weighted by Gasteiger charge is 2.16. The lowest BCUT2D eigenvalue weighted by Crippen LogP contribution is -2.21. The van der Waals surface area contributed by atoms with Gasteiger partial charge in [-0.25, -0.2) is 4.79 Å². The molecule has 1 aromatic carbocycles. The van der Waals surface area contributed by atoms with Crippen molar-refractivity contribution in [1.82, 2.24) is 0 Å². The molecule has 2 aromatic rings. The van der Waals surface area contributed by atoms with Crippen molar-refractivity contribution in [1.29, 1.82) is 0 Å². The molecule has 0 spiro atoms. The van der Waals surface area contributed by atoms with Crippen LogP contribution in [0.3, 0.4) is 0 Å². The Morgan fingerprint density at radius 1 is 1.27 bits per heavy atom. The third kappa shape index (κ3) is 3.91. The molecule has 1 amide bonds. The van der Waals surface area contributed by atoms with Crippen LogP contribution >= 0.6 is 34.5 Å². The SMILES string of the molecule is COC(=O)c1sccc1NC(=O)COc1cccc(Cl)c1Cl. The summed E-state index contributed by atoms with van der Waals surface area (Å²) in [6.45, 7) is -0.267. The zero-order valence-corrected chi connectivity index (χ0v) is 13.7. The molecule has 0 fully saturated rings. The number of benzene rings is 1. The largest absolute Gasteiger partial charge is 0.482 e. The van der Waals surface area contributed by atoms with Gasteiger partial charge in [0.25, 0.3) is 5.91 Å². The van der Waals surface area contributed by atoms with Crippen molar-refractivity contribution in [2.24, 2.45) is 0 Å². The molecule has 5 nitrogen and oxygen atoms in total. The Bertz CT molecular complexity index is 702. The van der Waals surface area contributed by atoms with Gasteiger partial charge in [-0.15, -0.1) is 11.3 Å². The van der Waals surface area contributed by atoms with E-state index in [1.54, 1.807) is 29.6 Å². The molecule has 0 aliphatic heterocycles. The number of hydrogen-bond donors (Lipinski definition) is 1. The lowest BCUT2D eigenvalue weighted by molar-refractivity contribution is -0.118. The van der Waals surface area contributed by atoms with Crippen LogP contribution < -0.4 is 10.1 Å². The van der Waals surface area contributed by atoms with E-state index in [4.69, 9.17) is 27.9 Å². The second-order valence-corrected chi connectivity index (χ2v) is 5.75. The molecule has 116 valence electrons. The van der Waals surface area contributed by atoms with Crippen LogP contribution in [-0.2, 0) is 9.53 Å². The zero-order chi connectivity index (χ0) is 16.1. The summed E-state index contributed by atoms with van der Waals surface area (Å²) in [7, 11) is 1.28. The van der Waals surface area contributed by atoms with Gasteiger partial charge in [0.1, 0.15) is 15.6 Å². The molecular formula is C14H11Cl2NO4S. The number of methoxy groups -OCH3 is 1. The van der Waals surface area contributed by atoms with Gasteiger partial charge >= 0.3 is 5.97 Å². The number of thiophene rings is 1. The van der Waals surface area contributed by atoms with Crippen LogP contribution in [0.25, 0.3) is 0 Å². The average molecular weight is 360 g/mol. The van der Waals surface area contributed by atoms with Gasteiger partial charge in [-0.1, -0.05) is 29.3 Å². The summed E-state index contributed by atoms with van der Waals surface area (Å²) >= 11 is 13.0. The zero-order valence-electron chi connectivity index (χ0n) is 11.4. The predicted octanol–water partition coefficient (Wildman–Crippen LogP) is 3.86. The molecule has 8 heteroatoms. The molecule has 2 rings (SSSR count). The summed E-state index contributed by atoms with van der Waals surface area (Å²) in [4.78, 5) is 23.7. The number of carbonyl (C=O) groups is 2. The van der Waals surface area contributed by atoms with Crippen molar-refractivity contribution in [3.63, 3.8) is 0 Å². The van der Waals surface area contributed by atoms with Gasteiger partial charge in [0, 0.05) is 0 Å². The first-order chi connectivity index (χ1) is 10.5. The molecule has 0 aliphatic rings. The summed E-state index contributed by atoms with van der Waals surface area (Å²) in [5.41, 5.74) is 0.377.